The Balaban J connectivity index is 0.00000220. The van der Waals surface area contributed by atoms with Crippen molar-refractivity contribution >= 4 is 0 Å². The maximum Gasteiger partial charge on any atom is 0.161 e. The van der Waals surface area contributed by atoms with Crippen molar-refractivity contribution in [2.24, 2.45) is 0 Å². The molecule has 0 amide bonds. The molecule has 0 spiro atoms. The fourth-order valence-electron chi connectivity index (χ4n) is 2.05. The smallest absolute Gasteiger partial charge is 0.161 e. The van der Waals surface area contributed by atoms with Gasteiger partial charge in [0, 0.05) is 13.1 Å². The normalized spacial score (nSPS) is 9.86. The topological polar surface area (TPSA) is 30.5 Å². The zero-order valence-corrected chi connectivity index (χ0v) is 13.4. The van der Waals surface area contributed by atoms with Gasteiger partial charge in [-0.05, 0) is 30.2 Å². The van der Waals surface area contributed by atoms with Crippen LogP contribution in [0.1, 0.15) is 16.7 Å². The molecule has 21 heavy (non-hydrogen) atoms. The summed E-state index contributed by atoms with van der Waals surface area (Å²) in [7, 11) is 3.30. The molecular formula is C17H21ClNO2-. The molecule has 0 fully saturated rings. The Hall–Kier alpha value is -1.71. The monoisotopic (exact) mass is 306 g/mol. The second-order valence-corrected chi connectivity index (χ2v) is 4.78. The molecule has 0 radical (unpaired) electrons. The predicted octanol–water partition coefficient (Wildman–Crippen LogP) is 0.306. The molecule has 2 rings (SSSR count). The van der Waals surface area contributed by atoms with E-state index in [2.05, 4.69) is 36.5 Å². The van der Waals surface area contributed by atoms with Crippen LogP contribution in [0.5, 0.6) is 11.5 Å². The van der Waals surface area contributed by atoms with Gasteiger partial charge in [0.05, 0.1) is 14.2 Å². The number of ether oxygens (including phenoxy) is 2. The van der Waals surface area contributed by atoms with Crippen LogP contribution in [0.15, 0.2) is 42.5 Å². The molecule has 114 valence electrons. The van der Waals surface area contributed by atoms with Crippen molar-refractivity contribution in [1.82, 2.24) is 5.32 Å². The van der Waals surface area contributed by atoms with Gasteiger partial charge < -0.3 is 27.2 Å². The summed E-state index contributed by atoms with van der Waals surface area (Å²) in [5.74, 6) is 1.52. The van der Waals surface area contributed by atoms with E-state index in [4.69, 9.17) is 9.47 Å². The van der Waals surface area contributed by atoms with Crippen LogP contribution in [0.3, 0.4) is 0 Å². The molecule has 0 aromatic heterocycles. The first-order chi connectivity index (χ1) is 9.72. The van der Waals surface area contributed by atoms with Gasteiger partial charge in [0.15, 0.2) is 11.5 Å². The van der Waals surface area contributed by atoms with Crippen LogP contribution in [0.25, 0.3) is 0 Å². The molecule has 0 bridgehead atoms. The maximum atomic E-state index is 5.30. The van der Waals surface area contributed by atoms with Gasteiger partial charge in [-0.3, -0.25) is 0 Å². The quantitative estimate of drug-likeness (QED) is 0.833. The number of benzene rings is 2. The summed E-state index contributed by atoms with van der Waals surface area (Å²) in [4.78, 5) is 0. The van der Waals surface area contributed by atoms with Crippen LogP contribution in [-0.4, -0.2) is 14.2 Å². The molecule has 0 saturated carbocycles. The minimum absolute atomic E-state index is 0. The number of hydrogen-bond donors (Lipinski definition) is 1. The van der Waals surface area contributed by atoms with Crippen molar-refractivity contribution in [2.75, 3.05) is 14.2 Å². The van der Waals surface area contributed by atoms with E-state index in [0.717, 1.165) is 24.6 Å². The standard InChI is InChI=1S/C17H21NO2.ClH/c1-13-4-6-14(7-5-13)11-18-12-15-8-9-16(19-2)17(10-15)20-3;/h4-10,18H,11-12H2,1-3H3;1H/p-1. The van der Waals surface area contributed by atoms with E-state index < -0.39 is 0 Å². The van der Waals surface area contributed by atoms with Crippen LogP contribution in [0.4, 0.5) is 0 Å². The molecule has 3 nitrogen and oxygen atoms in total. The molecule has 0 atom stereocenters. The summed E-state index contributed by atoms with van der Waals surface area (Å²) in [6, 6.07) is 14.5. The van der Waals surface area contributed by atoms with Crippen LogP contribution < -0.4 is 27.2 Å². The Kier molecular flexibility index (Phi) is 7.06. The van der Waals surface area contributed by atoms with Gasteiger partial charge >= 0.3 is 0 Å². The predicted molar refractivity (Wildman–Crippen MR) is 81.3 cm³/mol. The van der Waals surface area contributed by atoms with E-state index in [-0.39, 0.29) is 12.4 Å². The number of halogens is 1. The highest BCUT2D eigenvalue weighted by Crippen LogP contribution is 2.27. The van der Waals surface area contributed by atoms with Crippen molar-refractivity contribution in [2.45, 2.75) is 20.0 Å². The Bertz CT molecular complexity index is 555. The molecule has 0 aliphatic heterocycles. The summed E-state index contributed by atoms with van der Waals surface area (Å²) >= 11 is 0. The number of methoxy groups -OCH3 is 2. The van der Waals surface area contributed by atoms with Gasteiger partial charge in [-0.1, -0.05) is 35.9 Å². The maximum absolute atomic E-state index is 5.30. The summed E-state index contributed by atoms with van der Waals surface area (Å²) < 4.78 is 10.5. The van der Waals surface area contributed by atoms with E-state index in [1.54, 1.807) is 14.2 Å². The zero-order valence-electron chi connectivity index (χ0n) is 12.7. The minimum Gasteiger partial charge on any atom is -1.00 e. The molecule has 1 N–H and O–H groups in total. The van der Waals surface area contributed by atoms with Crippen LogP contribution >= 0.6 is 0 Å². The molecular weight excluding hydrogens is 286 g/mol. The van der Waals surface area contributed by atoms with Crippen LogP contribution in [0, 0.1) is 6.92 Å². The molecule has 0 aliphatic rings. The highest BCUT2D eigenvalue weighted by atomic mass is 35.5. The molecule has 0 saturated heterocycles. The molecule has 2 aromatic carbocycles. The number of nitrogens with one attached hydrogen (secondary N) is 1. The minimum atomic E-state index is 0. The highest BCUT2D eigenvalue weighted by molar-refractivity contribution is 5.42. The molecule has 0 heterocycles. The molecule has 0 aliphatic carbocycles. The molecule has 0 unspecified atom stereocenters. The van der Waals surface area contributed by atoms with Gasteiger partial charge in [0.25, 0.3) is 0 Å². The summed E-state index contributed by atoms with van der Waals surface area (Å²) in [5.41, 5.74) is 3.75. The second kappa shape index (κ2) is 8.55. The highest BCUT2D eigenvalue weighted by Gasteiger charge is 2.04. The lowest BCUT2D eigenvalue weighted by Crippen LogP contribution is -3.00. The van der Waals surface area contributed by atoms with Gasteiger partial charge in [-0.25, -0.2) is 0 Å². The summed E-state index contributed by atoms with van der Waals surface area (Å²) in [5, 5.41) is 3.43. The third kappa shape index (κ3) is 4.96. The fourth-order valence-corrected chi connectivity index (χ4v) is 2.05. The Morgan fingerprint density at radius 2 is 1.38 bits per heavy atom. The van der Waals surface area contributed by atoms with Crippen molar-refractivity contribution in [3.8, 4) is 11.5 Å². The first-order valence-electron chi connectivity index (χ1n) is 6.70. The van der Waals surface area contributed by atoms with Gasteiger partial charge in [0.1, 0.15) is 0 Å². The largest absolute Gasteiger partial charge is 1.00 e. The second-order valence-electron chi connectivity index (χ2n) is 4.78. The average Bonchev–Trinajstić information content (AvgIpc) is 2.49. The number of aryl methyl sites for hydroxylation is 1. The van der Waals surface area contributed by atoms with Crippen molar-refractivity contribution in [3.63, 3.8) is 0 Å². The van der Waals surface area contributed by atoms with E-state index >= 15 is 0 Å². The Labute approximate surface area is 132 Å². The average molecular weight is 307 g/mol. The Morgan fingerprint density at radius 3 is 2.00 bits per heavy atom. The molecule has 4 heteroatoms. The third-order valence-electron chi connectivity index (χ3n) is 3.23. The first kappa shape index (κ1) is 17.3. The number of hydrogen-bond acceptors (Lipinski definition) is 3. The summed E-state index contributed by atoms with van der Waals surface area (Å²) in [6.07, 6.45) is 0. The van der Waals surface area contributed by atoms with E-state index in [9.17, 15) is 0 Å². The summed E-state index contributed by atoms with van der Waals surface area (Å²) in [6.45, 7) is 3.75. The van der Waals surface area contributed by atoms with Crippen molar-refractivity contribution < 1.29 is 21.9 Å². The van der Waals surface area contributed by atoms with Gasteiger partial charge in [-0.2, -0.15) is 0 Å². The lowest BCUT2D eigenvalue weighted by atomic mass is 10.1. The van der Waals surface area contributed by atoms with E-state index in [1.165, 1.54) is 16.7 Å². The van der Waals surface area contributed by atoms with Crippen molar-refractivity contribution in [3.05, 3.63) is 59.2 Å². The van der Waals surface area contributed by atoms with E-state index in [1.807, 2.05) is 18.2 Å². The lowest BCUT2D eigenvalue weighted by molar-refractivity contribution is -0.00000474. The molecule has 2 aromatic rings. The van der Waals surface area contributed by atoms with Crippen LogP contribution in [-0.2, 0) is 13.1 Å². The third-order valence-corrected chi connectivity index (χ3v) is 3.23. The Morgan fingerprint density at radius 1 is 0.810 bits per heavy atom. The van der Waals surface area contributed by atoms with Gasteiger partial charge in [0.2, 0.25) is 0 Å². The van der Waals surface area contributed by atoms with Crippen LogP contribution in [0.2, 0.25) is 0 Å². The van der Waals surface area contributed by atoms with Gasteiger partial charge in [-0.15, -0.1) is 0 Å². The first-order valence-corrected chi connectivity index (χ1v) is 6.70. The lowest BCUT2D eigenvalue weighted by Gasteiger charge is -2.10. The van der Waals surface area contributed by atoms with Crippen molar-refractivity contribution in [1.29, 1.82) is 0 Å². The SMILES string of the molecule is COc1ccc(CNCc2ccc(C)cc2)cc1OC.[Cl-]. The number of rotatable bonds is 6. The van der Waals surface area contributed by atoms with E-state index in [0.29, 0.717) is 0 Å². The zero-order chi connectivity index (χ0) is 14.4. The fraction of sp³-hybridized carbons (Fsp3) is 0.294.